The summed E-state index contributed by atoms with van der Waals surface area (Å²) >= 11 is 0. The zero-order valence-corrected chi connectivity index (χ0v) is 17.3. The summed E-state index contributed by atoms with van der Waals surface area (Å²) in [6, 6.07) is 11.9. The minimum atomic E-state index is -0.488. The van der Waals surface area contributed by atoms with E-state index in [1.54, 1.807) is 14.2 Å². The highest BCUT2D eigenvalue weighted by Gasteiger charge is 2.32. The maximum absolute atomic E-state index is 5.43. The van der Waals surface area contributed by atoms with E-state index in [9.17, 15) is 0 Å². The van der Waals surface area contributed by atoms with E-state index in [0.717, 1.165) is 34.7 Å². The predicted molar refractivity (Wildman–Crippen MR) is 109 cm³/mol. The van der Waals surface area contributed by atoms with E-state index >= 15 is 0 Å². The van der Waals surface area contributed by atoms with Crippen molar-refractivity contribution in [3.05, 3.63) is 53.3 Å². The Morgan fingerprint density at radius 1 is 1.04 bits per heavy atom. The monoisotopic (exact) mass is 381 g/mol. The van der Waals surface area contributed by atoms with E-state index in [1.165, 1.54) is 0 Å². The highest BCUT2D eigenvalue weighted by Crippen LogP contribution is 2.34. The number of ether oxygens (including phenoxy) is 2. The van der Waals surface area contributed by atoms with Gasteiger partial charge in [-0.3, -0.25) is 0 Å². The second kappa shape index (κ2) is 7.88. The van der Waals surface area contributed by atoms with E-state index < -0.39 is 5.54 Å². The number of nitrogens with zero attached hydrogens (tertiary/aromatic N) is 4. The molecule has 1 aromatic heterocycles. The standard InChI is InChI=1S/C21H27N5O2/c1-7-21(4,22-16-11-12-17(27-5)18(13-16)28-6)20-23-24-25-26(20)19-14(2)9-8-10-15(19)3/h8-13,22H,7H2,1-6H3/t21-/m0/s1. The van der Waals surface area contributed by atoms with Gasteiger partial charge in [0.05, 0.1) is 25.4 Å². The van der Waals surface area contributed by atoms with Gasteiger partial charge in [0.25, 0.3) is 0 Å². The molecular weight excluding hydrogens is 354 g/mol. The predicted octanol–water partition coefficient (Wildman–Crippen LogP) is 4.03. The molecule has 0 saturated carbocycles. The number of tetrazole rings is 1. The van der Waals surface area contributed by atoms with E-state index in [1.807, 2.05) is 28.9 Å². The molecule has 1 atom stereocenters. The normalized spacial score (nSPS) is 13.1. The number of aryl methyl sites for hydroxylation is 2. The molecule has 7 nitrogen and oxygen atoms in total. The lowest BCUT2D eigenvalue weighted by molar-refractivity contribution is 0.355. The Labute approximate surface area is 165 Å². The van der Waals surface area contributed by atoms with Crippen molar-refractivity contribution in [2.45, 2.75) is 39.7 Å². The van der Waals surface area contributed by atoms with Crippen molar-refractivity contribution < 1.29 is 9.47 Å². The summed E-state index contributed by atoms with van der Waals surface area (Å²) in [4.78, 5) is 0. The lowest BCUT2D eigenvalue weighted by atomic mass is 9.96. The van der Waals surface area contributed by atoms with Gasteiger partial charge in [-0.1, -0.05) is 25.1 Å². The molecule has 28 heavy (non-hydrogen) atoms. The van der Waals surface area contributed by atoms with Gasteiger partial charge in [0.2, 0.25) is 0 Å². The molecule has 3 rings (SSSR count). The van der Waals surface area contributed by atoms with Crippen LogP contribution in [0.3, 0.4) is 0 Å². The van der Waals surface area contributed by atoms with Gasteiger partial charge in [0, 0.05) is 11.8 Å². The molecule has 0 spiro atoms. The highest BCUT2D eigenvalue weighted by molar-refractivity contribution is 5.56. The second-order valence-corrected chi connectivity index (χ2v) is 7.04. The largest absolute Gasteiger partial charge is 0.493 e. The number of para-hydroxylation sites is 1. The molecule has 7 heteroatoms. The van der Waals surface area contributed by atoms with Crippen LogP contribution in [-0.2, 0) is 5.54 Å². The zero-order valence-electron chi connectivity index (χ0n) is 17.3. The first-order chi connectivity index (χ1) is 13.4. The van der Waals surface area contributed by atoms with Gasteiger partial charge in [-0.25, -0.2) is 0 Å². The van der Waals surface area contributed by atoms with E-state index in [-0.39, 0.29) is 0 Å². The summed E-state index contributed by atoms with van der Waals surface area (Å²) < 4.78 is 12.6. The van der Waals surface area contributed by atoms with Gasteiger partial charge in [0.15, 0.2) is 17.3 Å². The fourth-order valence-corrected chi connectivity index (χ4v) is 3.36. The van der Waals surface area contributed by atoms with Crippen molar-refractivity contribution in [2.24, 2.45) is 0 Å². The average molecular weight is 381 g/mol. The number of rotatable bonds is 7. The Bertz CT molecular complexity index is 949. The van der Waals surface area contributed by atoms with Gasteiger partial charge in [-0.05, 0) is 60.9 Å². The Morgan fingerprint density at radius 3 is 2.32 bits per heavy atom. The molecule has 0 amide bonds. The maximum Gasteiger partial charge on any atom is 0.181 e. The van der Waals surface area contributed by atoms with Gasteiger partial charge >= 0.3 is 0 Å². The van der Waals surface area contributed by atoms with Crippen molar-refractivity contribution in [1.82, 2.24) is 20.2 Å². The zero-order chi connectivity index (χ0) is 20.3. The Balaban J connectivity index is 2.04. The van der Waals surface area contributed by atoms with Crippen molar-refractivity contribution >= 4 is 5.69 Å². The molecule has 0 aliphatic rings. The summed E-state index contributed by atoms with van der Waals surface area (Å²) in [7, 11) is 3.25. The first kappa shape index (κ1) is 19.7. The van der Waals surface area contributed by atoms with E-state index in [4.69, 9.17) is 9.47 Å². The highest BCUT2D eigenvalue weighted by atomic mass is 16.5. The number of hydrogen-bond acceptors (Lipinski definition) is 6. The van der Waals surface area contributed by atoms with Crippen LogP contribution in [0, 0.1) is 13.8 Å². The van der Waals surface area contributed by atoms with Crippen LogP contribution in [0.1, 0.15) is 37.2 Å². The third kappa shape index (κ3) is 3.52. The average Bonchev–Trinajstić information content (AvgIpc) is 3.17. The van der Waals surface area contributed by atoms with Crippen LogP contribution in [0.5, 0.6) is 11.5 Å². The fraction of sp³-hybridized carbons (Fsp3) is 0.381. The quantitative estimate of drug-likeness (QED) is 0.666. The van der Waals surface area contributed by atoms with Crippen LogP contribution in [0.15, 0.2) is 36.4 Å². The third-order valence-corrected chi connectivity index (χ3v) is 5.13. The molecular formula is C21H27N5O2. The topological polar surface area (TPSA) is 74.1 Å². The molecule has 1 heterocycles. The van der Waals surface area contributed by atoms with Crippen LogP contribution in [0.25, 0.3) is 5.69 Å². The van der Waals surface area contributed by atoms with Crippen molar-refractivity contribution in [3.8, 4) is 17.2 Å². The van der Waals surface area contributed by atoms with Crippen LogP contribution >= 0.6 is 0 Å². The first-order valence-electron chi connectivity index (χ1n) is 9.29. The molecule has 0 unspecified atom stereocenters. The summed E-state index contributed by atoms with van der Waals surface area (Å²) in [5.41, 5.74) is 3.67. The summed E-state index contributed by atoms with van der Waals surface area (Å²) in [5, 5.41) is 16.2. The number of methoxy groups -OCH3 is 2. The minimum absolute atomic E-state index is 0.488. The van der Waals surface area contributed by atoms with E-state index in [2.05, 4.69) is 60.7 Å². The van der Waals surface area contributed by atoms with Crippen LogP contribution in [0.2, 0.25) is 0 Å². The molecule has 2 aromatic carbocycles. The Morgan fingerprint density at radius 2 is 1.71 bits per heavy atom. The molecule has 0 saturated heterocycles. The Hall–Kier alpha value is -3.09. The molecule has 0 fully saturated rings. The molecule has 148 valence electrons. The molecule has 0 aliphatic heterocycles. The summed E-state index contributed by atoms with van der Waals surface area (Å²) in [5.74, 6) is 2.11. The first-order valence-corrected chi connectivity index (χ1v) is 9.29. The number of nitrogens with one attached hydrogen (secondary N) is 1. The van der Waals surface area contributed by atoms with Crippen LogP contribution in [0.4, 0.5) is 5.69 Å². The van der Waals surface area contributed by atoms with E-state index in [0.29, 0.717) is 11.5 Å². The lowest BCUT2D eigenvalue weighted by Gasteiger charge is -2.30. The number of hydrogen-bond donors (Lipinski definition) is 1. The van der Waals surface area contributed by atoms with Crippen molar-refractivity contribution in [2.75, 3.05) is 19.5 Å². The summed E-state index contributed by atoms with van der Waals surface area (Å²) in [6.07, 6.45) is 0.784. The van der Waals surface area contributed by atoms with Gasteiger partial charge in [-0.15, -0.1) is 5.10 Å². The molecule has 0 radical (unpaired) electrons. The number of aromatic nitrogens is 4. The third-order valence-electron chi connectivity index (χ3n) is 5.13. The van der Waals surface area contributed by atoms with Crippen LogP contribution in [-0.4, -0.2) is 34.4 Å². The van der Waals surface area contributed by atoms with Gasteiger partial charge in [-0.2, -0.15) is 4.68 Å². The minimum Gasteiger partial charge on any atom is -0.493 e. The smallest absolute Gasteiger partial charge is 0.181 e. The molecule has 0 aliphatic carbocycles. The number of anilines is 1. The molecule has 0 bridgehead atoms. The molecule has 3 aromatic rings. The maximum atomic E-state index is 5.43. The Kier molecular flexibility index (Phi) is 5.53. The lowest BCUT2D eigenvalue weighted by Crippen LogP contribution is -2.34. The van der Waals surface area contributed by atoms with Crippen molar-refractivity contribution in [1.29, 1.82) is 0 Å². The van der Waals surface area contributed by atoms with Crippen molar-refractivity contribution in [3.63, 3.8) is 0 Å². The fourth-order valence-electron chi connectivity index (χ4n) is 3.36. The summed E-state index contributed by atoms with van der Waals surface area (Å²) in [6.45, 7) is 8.34. The number of benzene rings is 2. The second-order valence-electron chi connectivity index (χ2n) is 7.04. The van der Waals surface area contributed by atoms with Crippen LogP contribution < -0.4 is 14.8 Å². The van der Waals surface area contributed by atoms with Gasteiger partial charge < -0.3 is 14.8 Å². The van der Waals surface area contributed by atoms with Gasteiger partial charge in [0.1, 0.15) is 0 Å². The SMILES string of the molecule is CC[C@](C)(Nc1ccc(OC)c(OC)c1)c1nnnn1-c1c(C)cccc1C. The molecule has 1 N–H and O–H groups in total.